The molecule has 0 aliphatic rings. The highest BCUT2D eigenvalue weighted by atomic mass is 31.0. The van der Waals surface area contributed by atoms with Gasteiger partial charge in [-0.1, -0.05) is 32.4 Å². The van der Waals surface area contributed by atoms with E-state index in [0.717, 1.165) is 14.1 Å². The maximum Gasteiger partial charge on any atom is -0.0155 e. The van der Waals surface area contributed by atoms with Gasteiger partial charge >= 0.3 is 0 Å². The number of hydrogen-bond donors (Lipinski definition) is 0. The van der Waals surface area contributed by atoms with Gasteiger partial charge in [0.05, 0.1) is 0 Å². The fourth-order valence-electron chi connectivity index (χ4n) is 1.24. The summed E-state index contributed by atoms with van der Waals surface area (Å²) in [7, 11) is 0.970. The van der Waals surface area contributed by atoms with Crippen molar-refractivity contribution in [2.24, 2.45) is 0 Å². The lowest BCUT2D eigenvalue weighted by molar-refractivity contribution is 0.675. The average molecular weight is 154 g/mol. The third-order valence-corrected chi connectivity index (χ3v) is 3.23. The molecule has 0 saturated carbocycles. The van der Waals surface area contributed by atoms with Crippen molar-refractivity contribution in [2.75, 3.05) is 0 Å². The predicted molar refractivity (Wildman–Crippen MR) is 49.3 cm³/mol. The second-order valence-corrected chi connectivity index (χ2v) is 4.01. The normalized spacial score (nSPS) is 14.2. The molecule has 0 aromatic carbocycles. The van der Waals surface area contributed by atoms with Crippen molar-refractivity contribution in [1.29, 1.82) is 0 Å². The van der Waals surface area contributed by atoms with E-state index in [1.165, 1.54) is 12.8 Å². The van der Waals surface area contributed by atoms with Crippen molar-refractivity contribution >= 4 is 8.19 Å². The Labute approximate surface area is 64.7 Å². The standard InChI is InChI=1S/C9H15P/c1-3-5-8(2)9-6-4-7-10-9/h4,6-8,10H,3,5H2,1-2H3. The van der Waals surface area contributed by atoms with Crippen molar-refractivity contribution in [2.45, 2.75) is 32.6 Å². The fourth-order valence-corrected chi connectivity index (χ4v) is 2.25. The second kappa shape index (κ2) is 3.83. The van der Waals surface area contributed by atoms with Crippen molar-refractivity contribution in [1.82, 2.24) is 0 Å². The Morgan fingerprint density at radius 1 is 1.60 bits per heavy atom. The molecule has 1 aromatic rings. The lowest BCUT2D eigenvalue weighted by atomic mass is 10.1. The van der Waals surface area contributed by atoms with Crippen LogP contribution in [0.2, 0.25) is 0 Å². The Bertz CT molecular complexity index is 165. The number of rotatable bonds is 3. The minimum atomic E-state index is 0.818. The molecule has 2 unspecified atom stereocenters. The van der Waals surface area contributed by atoms with Gasteiger partial charge in [-0.2, -0.15) is 0 Å². The first-order chi connectivity index (χ1) is 4.84. The molecule has 0 amide bonds. The van der Waals surface area contributed by atoms with Crippen LogP contribution in [-0.4, -0.2) is 0 Å². The number of hydrogen-bond acceptors (Lipinski definition) is 0. The molecule has 10 heavy (non-hydrogen) atoms. The van der Waals surface area contributed by atoms with E-state index in [-0.39, 0.29) is 0 Å². The van der Waals surface area contributed by atoms with E-state index in [0.29, 0.717) is 0 Å². The molecule has 1 rings (SSSR count). The highest BCUT2D eigenvalue weighted by Crippen LogP contribution is 2.27. The van der Waals surface area contributed by atoms with Crippen LogP contribution in [0.15, 0.2) is 17.9 Å². The van der Waals surface area contributed by atoms with E-state index in [2.05, 4.69) is 31.8 Å². The third kappa shape index (κ3) is 1.88. The topological polar surface area (TPSA) is 0 Å². The third-order valence-electron chi connectivity index (χ3n) is 1.87. The summed E-state index contributed by atoms with van der Waals surface area (Å²) in [5, 5.41) is 1.64. The van der Waals surface area contributed by atoms with Crippen molar-refractivity contribution in [3.05, 3.63) is 23.2 Å². The van der Waals surface area contributed by atoms with Gasteiger partial charge in [0, 0.05) is 0 Å². The molecule has 0 aliphatic heterocycles. The Kier molecular flexibility index (Phi) is 3.02. The quantitative estimate of drug-likeness (QED) is 0.623. The van der Waals surface area contributed by atoms with Crippen LogP contribution in [0.1, 0.15) is 37.9 Å². The van der Waals surface area contributed by atoms with Crippen LogP contribution in [0.3, 0.4) is 0 Å². The first-order valence-electron chi connectivity index (χ1n) is 3.98. The summed E-state index contributed by atoms with van der Waals surface area (Å²) < 4.78 is 0. The molecule has 0 radical (unpaired) electrons. The largest absolute Gasteiger partial charge is 0.136 e. The van der Waals surface area contributed by atoms with E-state index in [9.17, 15) is 0 Å². The summed E-state index contributed by atoms with van der Waals surface area (Å²) >= 11 is 0. The molecule has 0 aliphatic carbocycles. The Morgan fingerprint density at radius 2 is 2.40 bits per heavy atom. The van der Waals surface area contributed by atoms with Gasteiger partial charge in [0.15, 0.2) is 0 Å². The van der Waals surface area contributed by atoms with Gasteiger partial charge in [-0.25, -0.2) is 0 Å². The molecule has 0 bridgehead atoms. The Hall–Kier alpha value is -0.220. The zero-order valence-corrected chi connectivity index (χ0v) is 7.72. The first-order valence-corrected chi connectivity index (χ1v) is 5.05. The molecule has 0 spiro atoms. The monoisotopic (exact) mass is 154 g/mol. The molecular weight excluding hydrogens is 139 g/mol. The summed E-state index contributed by atoms with van der Waals surface area (Å²) in [5.41, 5.74) is 0. The SMILES string of the molecule is CCCC(C)c1ccc[pH]1. The molecule has 1 heterocycles. The molecule has 0 nitrogen and oxygen atoms in total. The summed E-state index contributed by atoms with van der Waals surface area (Å²) in [6.45, 7) is 4.58. The molecule has 0 saturated heterocycles. The van der Waals surface area contributed by atoms with Crippen molar-refractivity contribution in [3.63, 3.8) is 0 Å². The zero-order chi connectivity index (χ0) is 7.40. The molecule has 0 N–H and O–H groups in total. The van der Waals surface area contributed by atoms with Crippen molar-refractivity contribution in [3.8, 4) is 0 Å². The molecule has 0 fully saturated rings. The first kappa shape index (κ1) is 7.88. The Morgan fingerprint density at radius 3 is 2.90 bits per heavy atom. The molecule has 56 valence electrons. The maximum absolute atomic E-state index is 2.33. The lowest BCUT2D eigenvalue weighted by Gasteiger charge is -2.06. The van der Waals surface area contributed by atoms with Gasteiger partial charge in [0.2, 0.25) is 0 Å². The smallest absolute Gasteiger partial charge is 0.0155 e. The van der Waals surface area contributed by atoms with Gasteiger partial charge in [-0.15, -0.1) is 8.19 Å². The molecule has 1 heteroatoms. The summed E-state index contributed by atoms with van der Waals surface area (Å²) in [6, 6.07) is 4.46. The van der Waals surface area contributed by atoms with Gasteiger partial charge in [-0.05, 0) is 23.4 Å². The van der Waals surface area contributed by atoms with Crippen LogP contribution in [0.25, 0.3) is 0 Å². The van der Waals surface area contributed by atoms with Crippen LogP contribution in [0, 0.1) is 0 Å². The highest BCUT2D eigenvalue weighted by molar-refractivity contribution is 7.30. The zero-order valence-electron chi connectivity index (χ0n) is 6.72. The van der Waals surface area contributed by atoms with E-state index in [1.807, 2.05) is 0 Å². The summed E-state index contributed by atoms with van der Waals surface area (Å²) in [4.78, 5) is 0. The predicted octanol–water partition coefficient (Wildman–Crippen LogP) is 3.62. The van der Waals surface area contributed by atoms with Gasteiger partial charge in [0.25, 0.3) is 0 Å². The summed E-state index contributed by atoms with van der Waals surface area (Å²) in [6.07, 6.45) is 2.66. The van der Waals surface area contributed by atoms with Crippen LogP contribution in [-0.2, 0) is 0 Å². The highest BCUT2D eigenvalue weighted by Gasteiger charge is 2.02. The molecular formula is C9H15P. The van der Waals surface area contributed by atoms with E-state index in [4.69, 9.17) is 0 Å². The van der Waals surface area contributed by atoms with Gasteiger partial charge < -0.3 is 0 Å². The van der Waals surface area contributed by atoms with E-state index < -0.39 is 0 Å². The lowest BCUT2D eigenvalue weighted by Crippen LogP contribution is -1.86. The van der Waals surface area contributed by atoms with Crippen LogP contribution < -0.4 is 0 Å². The van der Waals surface area contributed by atoms with Crippen molar-refractivity contribution < 1.29 is 0 Å². The average Bonchev–Trinajstić information content (AvgIpc) is 2.38. The van der Waals surface area contributed by atoms with E-state index >= 15 is 0 Å². The minimum Gasteiger partial charge on any atom is -0.136 e. The minimum absolute atomic E-state index is 0.818. The molecule has 1 aromatic heterocycles. The van der Waals surface area contributed by atoms with E-state index in [1.54, 1.807) is 5.30 Å². The fraction of sp³-hybridized carbons (Fsp3) is 0.556. The van der Waals surface area contributed by atoms with Gasteiger partial charge in [-0.3, -0.25) is 0 Å². The second-order valence-electron chi connectivity index (χ2n) is 2.82. The van der Waals surface area contributed by atoms with Crippen LogP contribution in [0.4, 0.5) is 0 Å². The summed E-state index contributed by atoms with van der Waals surface area (Å²) in [5.74, 6) is 3.08. The van der Waals surface area contributed by atoms with Crippen LogP contribution in [0.5, 0.6) is 0 Å². The van der Waals surface area contributed by atoms with Crippen LogP contribution >= 0.6 is 8.19 Å². The Balaban J connectivity index is 2.50. The maximum atomic E-state index is 2.33. The van der Waals surface area contributed by atoms with Gasteiger partial charge in [0.1, 0.15) is 0 Å². The molecule has 2 atom stereocenters.